The lowest BCUT2D eigenvalue weighted by atomic mass is 10.1. The molecule has 3 N–H and O–H groups in total. The number of oxime groups is 1. The van der Waals surface area contributed by atoms with E-state index >= 15 is 0 Å². The van der Waals surface area contributed by atoms with Gasteiger partial charge in [0.15, 0.2) is 5.84 Å². The first-order valence-corrected chi connectivity index (χ1v) is 6.34. The minimum atomic E-state index is 0.0992. The summed E-state index contributed by atoms with van der Waals surface area (Å²) >= 11 is 0. The molecule has 0 atom stereocenters. The van der Waals surface area contributed by atoms with Crippen LogP contribution in [-0.4, -0.2) is 20.8 Å². The summed E-state index contributed by atoms with van der Waals surface area (Å²) in [5.41, 5.74) is 9.45. The average molecular weight is 256 g/mol. The number of nitrogens with zero attached hydrogens (tertiary/aromatic N) is 3. The molecule has 1 heterocycles. The Kier molecular flexibility index (Phi) is 2.74. The number of aromatic nitrogens is 2. The van der Waals surface area contributed by atoms with Gasteiger partial charge in [0.25, 0.3) is 0 Å². The molecule has 0 unspecified atom stereocenters. The number of hydrogen-bond acceptors (Lipinski definition) is 3. The molecule has 0 saturated heterocycles. The van der Waals surface area contributed by atoms with Crippen LogP contribution in [0.3, 0.4) is 0 Å². The molecule has 0 spiro atoms. The van der Waals surface area contributed by atoms with Gasteiger partial charge in [-0.3, -0.25) is 0 Å². The van der Waals surface area contributed by atoms with Crippen molar-refractivity contribution in [3.63, 3.8) is 0 Å². The first kappa shape index (κ1) is 11.8. The van der Waals surface area contributed by atoms with E-state index in [9.17, 15) is 0 Å². The van der Waals surface area contributed by atoms with Gasteiger partial charge >= 0.3 is 0 Å². The zero-order chi connectivity index (χ0) is 13.4. The number of hydrogen-bond donors (Lipinski definition) is 2. The molecule has 0 bridgehead atoms. The molecule has 98 valence electrons. The van der Waals surface area contributed by atoms with Crippen molar-refractivity contribution in [3.8, 4) is 5.69 Å². The SMILES string of the molecule is Cc1cccc(/C(N)=N/O)c1-n1ccc(C2CC2)n1. The van der Waals surface area contributed by atoms with Gasteiger partial charge in [0, 0.05) is 17.7 Å². The maximum Gasteiger partial charge on any atom is 0.172 e. The van der Waals surface area contributed by atoms with Crippen LogP contribution in [0.2, 0.25) is 0 Å². The number of amidine groups is 1. The highest BCUT2D eigenvalue weighted by atomic mass is 16.4. The second kappa shape index (κ2) is 4.42. The maximum atomic E-state index is 8.89. The molecule has 3 rings (SSSR count). The van der Waals surface area contributed by atoms with Crippen molar-refractivity contribution >= 4 is 5.84 Å². The fourth-order valence-corrected chi connectivity index (χ4v) is 2.28. The van der Waals surface area contributed by atoms with Crippen LogP contribution in [0, 0.1) is 6.92 Å². The molecule has 5 heteroatoms. The van der Waals surface area contributed by atoms with E-state index in [4.69, 9.17) is 10.9 Å². The van der Waals surface area contributed by atoms with Crippen LogP contribution >= 0.6 is 0 Å². The second-order valence-electron chi connectivity index (χ2n) is 4.92. The second-order valence-corrected chi connectivity index (χ2v) is 4.92. The minimum absolute atomic E-state index is 0.0992. The molecule has 19 heavy (non-hydrogen) atoms. The smallest absolute Gasteiger partial charge is 0.172 e. The highest BCUT2D eigenvalue weighted by Gasteiger charge is 2.26. The van der Waals surface area contributed by atoms with Crippen LogP contribution in [0.1, 0.15) is 35.6 Å². The van der Waals surface area contributed by atoms with E-state index in [1.807, 2.05) is 42.1 Å². The molecule has 0 amide bonds. The van der Waals surface area contributed by atoms with Gasteiger partial charge in [0.05, 0.1) is 11.4 Å². The molecular weight excluding hydrogens is 240 g/mol. The molecule has 0 radical (unpaired) electrons. The number of benzene rings is 1. The Hall–Kier alpha value is -2.30. The number of rotatable bonds is 3. The third-order valence-electron chi connectivity index (χ3n) is 3.46. The zero-order valence-corrected chi connectivity index (χ0v) is 10.7. The predicted molar refractivity (Wildman–Crippen MR) is 72.8 cm³/mol. The summed E-state index contributed by atoms with van der Waals surface area (Å²) < 4.78 is 1.82. The summed E-state index contributed by atoms with van der Waals surface area (Å²) in [6.45, 7) is 1.99. The fraction of sp³-hybridized carbons (Fsp3) is 0.286. The Balaban J connectivity index is 2.11. The van der Waals surface area contributed by atoms with Crippen LogP contribution < -0.4 is 5.73 Å². The van der Waals surface area contributed by atoms with Crippen molar-refractivity contribution in [2.45, 2.75) is 25.7 Å². The van der Waals surface area contributed by atoms with Gasteiger partial charge in [-0.05, 0) is 37.5 Å². The van der Waals surface area contributed by atoms with E-state index in [1.54, 1.807) is 0 Å². The predicted octanol–water partition coefficient (Wildman–Crippen LogP) is 2.15. The standard InChI is InChI=1S/C14H16N4O/c1-9-3-2-4-11(14(15)17-19)13(9)18-8-7-12(16-18)10-5-6-10/h2-4,7-8,10,19H,5-6H2,1H3,(H2,15,17). The lowest BCUT2D eigenvalue weighted by molar-refractivity contribution is 0.318. The molecule has 2 aromatic rings. The molecule has 1 aliphatic rings. The number of aryl methyl sites for hydroxylation is 1. The summed E-state index contributed by atoms with van der Waals surface area (Å²) in [6, 6.07) is 7.75. The van der Waals surface area contributed by atoms with Crippen molar-refractivity contribution < 1.29 is 5.21 Å². The van der Waals surface area contributed by atoms with Gasteiger partial charge in [0.2, 0.25) is 0 Å². The Morgan fingerprint density at radius 3 is 2.89 bits per heavy atom. The normalized spacial score (nSPS) is 15.7. The largest absolute Gasteiger partial charge is 0.409 e. The summed E-state index contributed by atoms with van der Waals surface area (Å²) in [7, 11) is 0. The van der Waals surface area contributed by atoms with E-state index in [2.05, 4.69) is 10.3 Å². The summed E-state index contributed by atoms with van der Waals surface area (Å²) in [5, 5.41) is 16.6. The van der Waals surface area contributed by atoms with Crippen LogP contribution in [-0.2, 0) is 0 Å². The highest BCUT2D eigenvalue weighted by Crippen LogP contribution is 2.39. The van der Waals surface area contributed by atoms with E-state index in [0.29, 0.717) is 11.5 Å². The topological polar surface area (TPSA) is 76.4 Å². The summed E-state index contributed by atoms with van der Waals surface area (Å²) in [4.78, 5) is 0. The maximum absolute atomic E-state index is 8.89. The van der Waals surface area contributed by atoms with Crippen LogP contribution in [0.4, 0.5) is 0 Å². The first-order valence-electron chi connectivity index (χ1n) is 6.34. The zero-order valence-electron chi connectivity index (χ0n) is 10.7. The van der Waals surface area contributed by atoms with E-state index in [0.717, 1.165) is 16.9 Å². The van der Waals surface area contributed by atoms with Crippen molar-refractivity contribution in [2.75, 3.05) is 0 Å². The summed E-state index contributed by atoms with van der Waals surface area (Å²) in [5.74, 6) is 0.708. The van der Waals surface area contributed by atoms with Crippen molar-refractivity contribution in [2.24, 2.45) is 10.9 Å². The Morgan fingerprint density at radius 1 is 1.42 bits per heavy atom. The Morgan fingerprint density at radius 2 is 2.21 bits per heavy atom. The first-order chi connectivity index (χ1) is 9.20. The van der Waals surface area contributed by atoms with Gasteiger partial charge in [0.1, 0.15) is 0 Å². The lowest BCUT2D eigenvalue weighted by Crippen LogP contribution is -2.17. The van der Waals surface area contributed by atoms with E-state index in [-0.39, 0.29) is 5.84 Å². The van der Waals surface area contributed by atoms with E-state index < -0.39 is 0 Å². The van der Waals surface area contributed by atoms with Crippen molar-refractivity contribution in [1.82, 2.24) is 9.78 Å². The Labute approximate surface area is 111 Å². The highest BCUT2D eigenvalue weighted by molar-refractivity contribution is 6.00. The van der Waals surface area contributed by atoms with Gasteiger partial charge in [-0.15, -0.1) is 0 Å². The molecule has 1 aromatic heterocycles. The third-order valence-corrected chi connectivity index (χ3v) is 3.46. The third kappa shape index (κ3) is 2.07. The van der Waals surface area contributed by atoms with Gasteiger partial charge < -0.3 is 10.9 Å². The molecule has 0 aliphatic heterocycles. The molecule has 1 aliphatic carbocycles. The van der Waals surface area contributed by atoms with Gasteiger partial charge in [-0.1, -0.05) is 17.3 Å². The van der Waals surface area contributed by atoms with Gasteiger partial charge in [-0.25, -0.2) is 4.68 Å². The van der Waals surface area contributed by atoms with Crippen LogP contribution in [0.15, 0.2) is 35.6 Å². The van der Waals surface area contributed by atoms with Crippen molar-refractivity contribution in [1.29, 1.82) is 0 Å². The molecule has 5 nitrogen and oxygen atoms in total. The Bertz CT molecular complexity index is 641. The number of para-hydroxylation sites is 1. The minimum Gasteiger partial charge on any atom is -0.409 e. The quantitative estimate of drug-likeness (QED) is 0.382. The van der Waals surface area contributed by atoms with Crippen LogP contribution in [0.25, 0.3) is 5.69 Å². The number of nitrogens with two attached hydrogens (primary N) is 1. The lowest BCUT2D eigenvalue weighted by Gasteiger charge is -2.11. The van der Waals surface area contributed by atoms with Crippen molar-refractivity contribution in [3.05, 3.63) is 47.3 Å². The molecule has 1 fully saturated rings. The van der Waals surface area contributed by atoms with Crippen LogP contribution in [0.5, 0.6) is 0 Å². The fourth-order valence-electron chi connectivity index (χ4n) is 2.28. The molecular formula is C14H16N4O. The molecule has 1 saturated carbocycles. The average Bonchev–Trinajstić information content (AvgIpc) is 3.16. The van der Waals surface area contributed by atoms with E-state index in [1.165, 1.54) is 12.8 Å². The van der Waals surface area contributed by atoms with Gasteiger partial charge in [-0.2, -0.15) is 5.10 Å². The monoisotopic (exact) mass is 256 g/mol. The molecule has 1 aromatic carbocycles. The summed E-state index contributed by atoms with van der Waals surface area (Å²) in [6.07, 6.45) is 4.37.